The zero-order chi connectivity index (χ0) is 18.2. The van der Waals surface area contributed by atoms with E-state index in [2.05, 4.69) is 59.3 Å². The van der Waals surface area contributed by atoms with Gasteiger partial charge in [0, 0.05) is 30.9 Å². The van der Waals surface area contributed by atoms with Crippen molar-refractivity contribution in [3.05, 3.63) is 54.5 Å². The SMILES string of the molecule is CN(C)C1(c2ccccc2)CCC2(CC1)CC(=O)N(c1cnccn1)C2. The molecule has 1 spiro atoms. The molecule has 0 N–H and O–H groups in total. The van der Waals surface area contributed by atoms with Crippen molar-refractivity contribution in [3.8, 4) is 0 Å². The number of hydrogen-bond donors (Lipinski definition) is 0. The number of carbonyl (C=O) groups is 1. The predicted octanol–water partition coefficient (Wildman–Crippen LogP) is 3.23. The number of anilines is 1. The highest BCUT2D eigenvalue weighted by atomic mass is 16.2. The van der Waals surface area contributed by atoms with Crippen LogP contribution in [-0.2, 0) is 10.3 Å². The molecule has 1 saturated heterocycles. The number of rotatable bonds is 3. The Labute approximate surface area is 155 Å². The van der Waals surface area contributed by atoms with E-state index >= 15 is 0 Å². The Balaban J connectivity index is 1.55. The molecule has 0 bridgehead atoms. The molecule has 1 saturated carbocycles. The van der Waals surface area contributed by atoms with E-state index in [1.54, 1.807) is 18.6 Å². The van der Waals surface area contributed by atoms with Crippen molar-refractivity contribution in [2.45, 2.75) is 37.6 Å². The van der Waals surface area contributed by atoms with Crippen molar-refractivity contribution >= 4 is 11.7 Å². The molecule has 1 aromatic carbocycles. The average molecular weight is 350 g/mol. The van der Waals surface area contributed by atoms with Gasteiger partial charge in [0.1, 0.15) is 0 Å². The molecule has 0 radical (unpaired) electrons. The molecule has 5 nitrogen and oxygen atoms in total. The largest absolute Gasteiger partial charge is 0.300 e. The minimum Gasteiger partial charge on any atom is -0.300 e. The zero-order valence-electron chi connectivity index (χ0n) is 15.6. The van der Waals surface area contributed by atoms with Crippen LogP contribution in [0.4, 0.5) is 5.82 Å². The Kier molecular flexibility index (Phi) is 4.27. The Morgan fingerprint density at radius 1 is 1.04 bits per heavy atom. The minimum absolute atomic E-state index is 0.0650. The van der Waals surface area contributed by atoms with Gasteiger partial charge >= 0.3 is 0 Å². The third kappa shape index (κ3) is 2.80. The van der Waals surface area contributed by atoms with Crippen LogP contribution in [0.1, 0.15) is 37.7 Å². The minimum atomic E-state index is 0.0650. The van der Waals surface area contributed by atoms with Gasteiger partial charge in [-0.05, 0) is 50.8 Å². The van der Waals surface area contributed by atoms with Crippen LogP contribution in [0.5, 0.6) is 0 Å². The van der Waals surface area contributed by atoms with Crippen molar-refractivity contribution < 1.29 is 4.79 Å². The van der Waals surface area contributed by atoms with Crippen molar-refractivity contribution in [1.82, 2.24) is 14.9 Å². The maximum absolute atomic E-state index is 12.7. The van der Waals surface area contributed by atoms with Gasteiger partial charge in [-0.25, -0.2) is 4.98 Å². The summed E-state index contributed by atoms with van der Waals surface area (Å²) in [5, 5.41) is 0. The molecule has 0 atom stereocenters. The van der Waals surface area contributed by atoms with Gasteiger partial charge in [0.15, 0.2) is 5.82 Å². The van der Waals surface area contributed by atoms with Crippen LogP contribution >= 0.6 is 0 Å². The van der Waals surface area contributed by atoms with E-state index in [4.69, 9.17) is 0 Å². The summed E-state index contributed by atoms with van der Waals surface area (Å²) in [6, 6.07) is 10.8. The quantitative estimate of drug-likeness (QED) is 0.853. The molecular formula is C21H26N4O. The van der Waals surface area contributed by atoms with E-state index in [9.17, 15) is 4.79 Å². The van der Waals surface area contributed by atoms with E-state index < -0.39 is 0 Å². The van der Waals surface area contributed by atoms with Gasteiger partial charge in [0.25, 0.3) is 0 Å². The van der Waals surface area contributed by atoms with Gasteiger partial charge in [-0.2, -0.15) is 0 Å². The van der Waals surface area contributed by atoms with E-state index in [1.165, 1.54) is 5.56 Å². The highest BCUT2D eigenvalue weighted by molar-refractivity contribution is 5.95. The van der Waals surface area contributed by atoms with E-state index in [0.29, 0.717) is 12.2 Å². The Morgan fingerprint density at radius 2 is 1.77 bits per heavy atom. The summed E-state index contributed by atoms with van der Waals surface area (Å²) < 4.78 is 0. The van der Waals surface area contributed by atoms with Crippen LogP contribution in [0.25, 0.3) is 0 Å². The summed E-state index contributed by atoms with van der Waals surface area (Å²) in [7, 11) is 4.35. The van der Waals surface area contributed by atoms with Crippen molar-refractivity contribution in [2.24, 2.45) is 5.41 Å². The smallest absolute Gasteiger partial charge is 0.228 e. The molecular weight excluding hydrogens is 324 g/mol. The fourth-order valence-electron chi connectivity index (χ4n) is 4.81. The molecule has 1 aliphatic carbocycles. The van der Waals surface area contributed by atoms with Crippen LogP contribution < -0.4 is 4.90 Å². The van der Waals surface area contributed by atoms with Crippen LogP contribution in [0, 0.1) is 5.41 Å². The lowest BCUT2D eigenvalue weighted by Gasteiger charge is -2.48. The second-order valence-corrected chi connectivity index (χ2v) is 8.01. The normalized spacial score (nSPS) is 28.9. The van der Waals surface area contributed by atoms with Crippen LogP contribution in [0.15, 0.2) is 48.9 Å². The van der Waals surface area contributed by atoms with Crippen molar-refractivity contribution in [2.75, 3.05) is 25.5 Å². The fraction of sp³-hybridized carbons (Fsp3) is 0.476. The Hall–Kier alpha value is -2.27. The topological polar surface area (TPSA) is 49.3 Å². The fourth-order valence-corrected chi connectivity index (χ4v) is 4.81. The lowest BCUT2D eigenvalue weighted by molar-refractivity contribution is -0.118. The second kappa shape index (κ2) is 6.47. The van der Waals surface area contributed by atoms with Gasteiger partial charge in [-0.15, -0.1) is 0 Å². The third-order valence-corrected chi connectivity index (χ3v) is 6.45. The number of nitrogens with zero attached hydrogens (tertiary/aromatic N) is 4. The molecule has 0 unspecified atom stereocenters. The lowest BCUT2D eigenvalue weighted by Crippen LogP contribution is -2.47. The zero-order valence-corrected chi connectivity index (χ0v) is 15.6. The molecule has 136 valence electrons. The first kappa shape index (κ1) is 17.2. The van der Waals surface area contributed by atoms with Crippen molar-refractivity contribution in [1.29, 1.82) is 0 Å². The predicted molar refractivity (Wildman–Crippen MR) is 102 cm³/mol. The number of aromatic nitrogens is 2. The molecule has 2 fully saturated rings. The summed E-state index contributed by atoms with van der Waals surface area (Å²) >= 11 is 0. The molecule has 4 rings (SSSR count). The Bertz CT molecular complexity index is 767. The molecule has 26 heavy (non-hydrogen) atoms. The Morgan fingerprint density at radius 3 is 2.38 bits per heavy atom. The van der Waals surface area contributed by atoms with Crippen LogP contribution in [0.2, 0.25) is 0 Å². The molecule has 1 aliphatic heterocycles. The summed E-state index contributed by atoms with van der Waals surface area (Å²) in [6.07, 6.45) is 9.88. The van der Waals surface area contributed by atoms with Gasteiger partial charge in [0.2, 0.25) is 5.91 Å². The van der Waals surface area contributed by atoms with E-state index in [0.717, 1.165) is 32.2 Å². The molecule has 5 heteroatoms. The summed E-state index contributed by atoms with van der Waals surface area (Å²) in [4.78, 5) is 25.3. The molecule has 1 amide bonds. The maximum atomic E-state index is 12.7. The second-order valence-electron chi connectivity index (χ2n) is 8.01. The first-order valence-electron chi connectivity index (χ1n) is 9.34. The first-order valence-corrected chi connectivity index (χ1v) is 9.34. The average Bonchev–Trinajstić information content (AvgIpc) is 3.00. The highest BCUT2D eigenvalue weighted by Gasteiger charge is 2.50. The number of carbonyl (C=O) groups excluding carboxylic acids is 1. The van der Waals surface area contributed by atoms with Crippen molar-refractivity contribution in [3.63, 3.8) is 0 Å². The highest BCUT2D eigenvalue weighted by Crippen LogP contribution is 2.52. The van der Waals surface area contributed by atoms with Crippen LogP contribution in [0.3, 0.4) is 0 Å². The lowest BCUT2D eigenvalue weighted by atomic mass is 9.64. The third-order valence-electron chi connectivity index (χ3n) is 6.45. The van der Waals surface area contributed by atoms with E-state index in [-0.39, 0.29) is 16.9 Å². The van der Waals surface area contributed by atoms with E-state index in [1.807, 2.05) is 4.90 Å². The van der Waals surface area contributed by atoms with Gasteiger partial charge in [-0.3, -0.25) is 19.6 Å². The molecule has 2 heterocycles. The number of benzene rings is 1. The van der Waals surface area contributed by atoms with Gasteiger partial charge < -0.3 is 0 Å². The van der Waals surface area contributed by atoms with Gasteiger partial charge in [-0.1, -0.05) is 30.3 Å². The monoisotopic (exact) mass is 350 g/mol. The first-order chi connectivity index (χ1) is 12.5. The summed E-state index contributed by atoms with van der Waals surface area (Å²) in [6.45, 7) is 0.767. The molecule has 1 aromatic heterocycles. The molecule has 2 aromatic rings. The molecule has 2 aliphatic rings. The summed E-state index contributed by atoms with van der Waals surface area (Å²) in [5.74, 6) is 0.865. The standard InChI is InChI=1S/C21H26N4O/c1-24(2)21(17-6-4-3-5-7-17)10-8-20(9-11-21)14-19(26)25(16-20)18-15-22-12-13-23-18/h3-7,12-13,15H,8-11,14,16H2,1-2H3. The van der Waals surface area contributed by atoms with Gasteiger partial charge in [0.05, 0.1) is 6.20 Å². The van der Waals surface area contributed by atoms with Crippen LogP contribution in [-0.4, -0.2) is 41.4 Å². The number of hydrogen-bond acceptors (Lipinski definition) is 4. The summed E-state index contributed by atoms with van der Waals surface area (Å²) in [5.41, 5.74) is 1.52. The maximum Gasteiger partial charge on any atom is 0.228 e. The number of amides is 1.